The van der Waals surface area contributed by atoms with Crippen LogP contribution >= 0.6 is 0 Å². The van der Waals surface area contributed by atoms with Crippen molar-refractivity contribution in [3.05, 3.63) is 36.2 Å². The number of hydrogen-bond donors (Lipinski definition) is 0. The fraction of sp³-hybridized carbons (Fsp3) is 0.586. The molecule has 3 fully saturated rings. The fourth-order valence-corrected chi connectivity index (χ4v) is 6.27. The van der Waals surface area contributed by atoms with Crippen molar-refractivity contribution in [3.8, 4) is 11.7 Å². The van der Waals surface area contributed by atoms with Gasteiger partial charge in [0.2, 0.25) is 11.8 Å². The Morgan fingerprint density at radius 1 is 1.05 bits per heavy atom. The first-order valence-corrected chi connectivity index (χ1v) is 14.3. The number of carbonyl (C=O) groups is 1. The fourth-order valence-electron chi connectivity index (χ4n) is 6.27. The highest BCUT2D eigenvalue weighted by Crippen LogP contribution is 2.33. The predicted molar refractivity (Wildman–Crippen MR) is 146 cm³/mol. The average Bonchev–Trinajstić information content (AvgIpc) is 3.58. The van der Waals surface area contributed by atoms with E-state index in [4.69, 9.17) is 19.4 Å². The van der Waals surface area contributed by atoms with Crippen LogP contribution in [-0.2, 0) is 9.53 Å². The second kappa shape index (κ2) is 11.7. The average molecular weight is 555 g/mol. The van der Waals surface area contributed by atoms with Gasteiger partial charge in [-0.15, -0.1) is 0 Å². The number of para-hydroxylation sites is 2. The lowest BCUT2D eigenvalue weighted by atomic mass is 9.83. The van der Waals surface area contributed by atoms with Crippen LogP contribution in [0.4, 0.5) is 14.7 Å². The molecule has 0 unspecified atom stereocenters. The molecule has 214 valence electrons. The van der Waals surface area contributed by atoms with E-state index in [1.807, 2.05) is 11.9 Å². The van der Waals surface area contributed by atoms with E-state index in [0.29, 0.717) is 73.1 Å². The molecule has 0 bridgehead atoms. The Balaban J connectivity index is 1.23. The summed E-state index contributed by atoms with van der Waals surface area (Å²) in [4.78, 5) is 30.6. The van der Waals surface area contributed by atoms with Crippen LogP contribution in [0.25, 0.3) is 16.9 Å². The van der Waals surface area contributed by atoms with Gasteiger partial charge in [-0.05, 0) is 70.2 Å². The maximum Gasteiger partial charge on any atom is 0.296 e. The van der Waals surface area contributed by atoms with Crippen molar-refractivity contribution < 1.29 is 23.0 Å². The SMILES string of the molecule is CN1CCC[C@@H]1C(=O)CC1CCC(Oc2cc(-n3c(C(F)F)nc4ccccc43)nc(N3CCOCC3)n2)CC1. The Morgan fingerprint density at radius 3 is 2.55 bits per heavy atom. The Kier molecular flexibility index (Phi) is 7.93. The molecule has 2 saturated heterocycles. The maximum atomic E-state index is 14.1. The van der Waals surface area contributed by atoms with Gasteiger partial charge in [-0.25, -0.2) is 13.8 Å². The summed E-state index contributed by atoms with van der Waals surface area (Å²) in [6.45, 7) is 3.28. The normalized spacial score (nSPS) is 24.2. The van der Waals surface area contributed by atoms with E-state index in [0.717, 1.165) is 45.1 Å². The maximum absolute atomic E-state index is 14.1. The summed E-state index contributed by atoms with van der Waals surface area (Å²) in [5.41, 5.74) is 1.02. The molecule has 0 spiro atoms. The molecular formula is C29H36F2N6O3. The van der Waals surface area contributed by atoms with E-state index in [1.165, 1.54) is 4.57 Å². The van der Waals surface area contributed by atoms with Crippen molar-refractivity contribution >= 4 is 22.8 Å². The number of alkyl halides is 2. The van der Waals surface area contributed by atoms with Crippen LogP contribution in [0.5, 0.6) is 5.88 Å². The summed E-state index contributed by atoms with van der Waals surface area (Å²) < 4.78 is 41.5. The molecule has 11 heteroatoms. The van der Waals surface area contributed by atoms with Crippen LogP contribution in [0.1, 0.15) is 57.2 Å². The van der Waals surface area contributed by atoms with Crippen molar-refractivity contribution in [2.75, 3.05) is 44.8 Å². The Morgan fingerprint density at radius 2 is 1.82 bits per heavy atom. The van der Waals surface area contributed by atoms with Gasteiger partial charge in [0.25, 0.3) is 6.43 Å². The highest BCUT2D eigenvalue weighted by molar-refractivity contribution is 5.84. The zero-order valence-corrected chi connectivity index (χ0v) is 22.8. The number of hydrogen-bond acceptors (Lipinski definition) is 8. The Hall–Kier alpha value is -3.18. The number of aromatic nitrogens is 4. The summed E-state index contributed by atoms with van der Waals surface area (Å²) in [6.07, 6.45) is 3.33. The van der Waals surface area contributed by atoms with E-state index >= 15 is 0 Å². The van der Waals surface area contributed by atoms with Crippen molar-refractivity contribution in [1.82, 2.24) is 24.4 Å². The molecule has 6 rings (SSSR count). The second-order valence-corrected chi connectivity index (χ2v) is 11.1. The summed E-state index contributed by atoms with van der Waals surface area (Å²) in [7, 11) is 2.04. The smallest absolute Gasteiger partial charge is 0.296 e. The number of fused-ring (bicyclic) bond motifs is 1. The predicted octanol–water partition coefficient (Wildman–Crippen LogP) is 4.58. The van der Waals surface area contributed by atoms with Crippen molar-refractivity contribution in [2.24, 2.45) is 5.92 Å². The molecule has 0 amide bonds. The molecule has 1 aliphatic carbocycles. The first-order valence-electron chi connectivity index (χ1n) is 14.3. The molecule has 3 aliphatic rings. The zero-order chi connectivity index (χ0) is 27.6. The van der Waals surface area contributed by atoms with Crippen molar-refractivity contribution in [2.45, 2.75) is 63.5 Å². The molecular weight excluding hydrogens is 518 g/mol. The molecule has 3 aromatic rings. The zero-order valence-electron chi connectivity index (χ0n) is 22.8. The molecule has 0 N–H and O–H groups in total. The number of ether oxygens (including phenoxy) is 2. The van der Waals surface area contributed by atoms with Gasteiger partial charge in [-0.2, -0.15) is 9.97 Å². The number of nitrogens with zero attached hydrogens (tertiary/aromatic N) is 6. The van der Waals surface area contributed by atoms with E-state index in [2.05, 4.69) is 9.88 Å². The minimum atomic E-state index is -2.78. The Labute approximate surface area is 232 Å². The number of benzene rings is 1. The third-order valence-electron chi connectivity index (χ3n) is 8.45. The number of carbonyl (C=O) groups excluding carboxylic acids is 1. The number of rotatable bonds is 8. The summed E-state index contributed by atoms with van der Waals surface area (Å²) in [6, 6.07) is 8.76. The topological polar surface area (TPSA) is 85.6 Å². The standard InChI is InChI=1S/C29H36F2N6O3/c1-35-12-4-7-23(35)24(38)17-19-8-10-20(11-9-19)40-26-18-25(33-29(34-26)36-13-15-39-16-14-36)37-22-6-3-2-5-21(22)32-28(37)27(30)31/h2-3,5-6,18-20,23,27H,4,7-17H2,1H3/t19?,20?,23-/m1/s1. The number of halogens is 2. The highest BCUT2D eigenvalue weighted by atomic mass is 19.3. The molecule has 1 aromatic carbocycles. The second-order valence-electron chi connectivity index (χ2n) is 11.1. The monoisotopic (exact) mass is 554 g/mol. The molecule has 0 radical (unpaired) electrons. The van der Waals surface area contributed by atoms with E-state index in [9.17, 15) is 13.6 Å². The number of anilines is 1. The minimum absolute atomic E-state index is 0.0603. The lowest BCUT2D eigenvalue weighted by Crippen LogP contribution is -2.37. The molecule has 4 heterocycles. The van der Waals surface area contributed by atoms with Gasteiger partial charge >= 0.3 is 0 Å². The molecule has 40 heavy (non-hydrogen) atoms. The van der Waals surface area contributed by atoms with Crippen LogP contribution in [-0.4, -0.2) is 82.2 Å². The van der Waals surface area contributed by atoms with Gasteiger partial charge in [0.1, 0.15) is 17.7 Å². The third kappa shape index (κ3) is 5.67. The summed E-state index contributed by atoms with van der Waals surface area (Å²) >= 11 is 0. The van der Waals surface area contributed by atoms with E-state index in [1.54, 1.807) is 30.3 Å². The van der Waals surface area contributed by atoms with Crippen LogP contribution in [0.2, 0.25) is 0 Å². The van der Waals surface area contributed by atoms with Crippen molar-refractivity contribution in [3.63, 3.8) is 0 Å². The van der Waals surface area contributed by atoms with Gasteiger partial charge < -0.3 is 14.4 Å². The van der Waals surface area contributed by atoms with E-state index in [-0.39, 0.29) is 18.0 Å². The molecule has 2 aromatic heterocycles. The number of likely N-dealkylation sites (tertiary alicyclic amines) is 1. The quantitative estimate of drug-likeness (QED) is 0.400. The molecule has 2 aliphatic heterocycles. The van der Waals surface area contributed by atoms with Gasteiger partial charge in [0, 0.05) is 25.6 Å². The number of imidazole rings is 1. The Bertz CT molecular complexity index is 1340. The number of morpholine rings is 1. The van der Waals surface area contributed by atoms with Gasteiger partial charge in [-0.1, -0.05) is 12.1 Å². The van der Waals surface area contributed by atoms with E-state index < -0.39 is 6.43 Å². The van der Waals surface area contributed by atoms with Crippen LogP contribution in [0.3, 0.4) is 0 Å². The third-order valence-corrected chi connectivity index (χ3v) is 8.45. The van der Waals surface area contributed by atoms with Crippen LogP contribution in [0, 0.1) is 5.92 Å². The van der Waals surface area contributed by atoms with Crippen LogP contribution in [0.15, 0.2) is 30.3 Å². The lowest BCUT2D eigenvalue weighted by Gasteiger charge is -2.30. The van der Waals surface area contributed by atoms with Gasteiger partial charge in [-0.3, -0.25) is 14.3 Å². The first kappa shape index (κ1) is 27.0. The van der Waals surface area contributed by atoms with Gasteiger partial charge in [0.15, 0.2) is 5.82 Å². The lowest BCUT2D eigenvalue weighted by molar-refractivity contribution is -0.124. The summed E-state index contributed by atoms with van der Waals surface area (Å²) in [5.74, 6) is 1.46. The molecule has 9 nitrogen and oxygen atoms in total. The first-order chi connectivity index (χ1) is 19.5. The van der Waals surface area contributed by atoms with Gasteiger partial charge in [0.05, 0.1) is 30.3 Å². The number of ketones is 1. The number of Topliss-reactive ketones (excluding diaryl/α,β-unsaturated/α-hetero) is 1. The van der Waals surface area contributed by atoms with Crippen LogP contribution < -0.4 is 9.64 Å². The molecule has 1 atom stereocenters. The minimum Gasteiger partial charge on any atom is -0.474 e. The van der Waals surface area contributed by atoms with Crippen molar-refractivity contribution in [1.29, 1.82) is 0 Å². The largest absolute Gasteiger partial charge is 0.474 e. The molecule has 1 saturated carbocycles. The highest BCUT2D eigenvalue weighted by Gasteiger charge is 2.32. The number of likely N-dealkylation sites (N-methyl/N-ethyl adjacent to an activating group) is 1. The summed E-state index contributed by atoms with van der Waals surface area (Å²) in [5, 5.41) is 0.